The minimum atomic E-state index is -0.788. The van der Waals surface area contributed by atoms with Gasteiger partial charge in [-0.1, -0.05) is 11.1 Å². The molecule has 0 amide bonds. The lowest BCUT2D eigenvalue weighted by atomic mass is 9.96. The van der Waals surface area contributed by atoms with Gasteiger partial charge in [-0.2, -0.15) is 0 Å². The molecule has 1 rings (SSSR count). The molecule has 0 aromatic rings. The maximum atomic E-state index is 11.5. The molecule has 0 atom stereocenters. The second-order valence-corrected chi connectivity index (χ2v) is 3.79. The number of nitrogens with two attached hydrogens (primary N) is 1. The lowest BCUT2D eigenvalue weighted by Gasteiger charge is -2.21. The molecule has 1 aliphatic carbocycles. The van der Waals surface area contributed by atoms with E-state index in [9.17, 15) is 4.79 Å². The fraction of sp³-hybridized carbons (Fsp3) is 0.700. The molecular weight excluding hydrogens is 166 g/mol. The first-order valence-electron chi connectivity index (χ1n) is 4.61. The lowest BCUT2D eigenvalue weighted by Crippen LogP contribution is -2.47. The Morgan fingerprint density at radius 2 is 1.92 bits per heavy atom. The zero-order valence-electron chi connectivity index (χ0n) is 8.52. The highest BCUT2D eigenvalue weighted by Gasteiger charge is 2.40. The average Bonchev–Trinajstić information content (AvgIpc) is 2.28. The van der Waals surface area contributed by atoms with E-state index < -0.39 is 5.54 Å². The first-order chi connectivity index (χ1) is 5.99. The topological polar surface area (TPSA) is 52.3 Å². The highest BCUT2D eigenvalue weighted by molar-refractivity contribution is 5.82. The van der Waals surface area contributed by atoms with E-state index in [0.29, 0.717) is 19.4 Å². The summed E-state index contributed by atoms with van der Waals surface area (Å²) in [6, 6.07) is 0. The summed E-state index contributed by atoms with van der Waals surface area (Å²) in [7, 11) is 0. The molecule has 0 aromatic carbocycles. The summed E-state index contributed by atoms with van der Waals surface area (Å²) < 4.78 is 4.93. The summed E-state index contributed by atoms with van der Waals surface area (Å²) in [4.78, 5) is 11.5. The van der Waals surface area contributed by atoms with Gasteiger partial charge in [-0.3, -0.25) is 4.79 Å². The van der Waals surface area contributed by atoms with Gasteiger partial charge in [0.05, 0.1) is 6.61 Å². The zero-order valence-corrected chi connectivity index (χ0v) is 8.52. The lowest BCUT2D eigenvalue weighted by molar-refractivity contribution is -0.149. The van der Waals surface area contributed by atoms with Crippen LogP contribution in [0.2, 0.25) is 0 Å². The van der Waals surface area contributed by atoms with Crippen molar-refractivity contribution in [3.8, 4) is 0 Å². The largest absolute Gasteiger partial charge is 0.465 e. The Hall–Kier alpha value is -0.830. The van der Waals surface area contributed by atoms with E-state index in [2.05, 4.69) is 0 Å². The van der Waals surface area contributed by atoms with Gasteiger partial charge in [0.25, 0.3) is 0 Å². The second kappa shape index (κ2) is 3.50. The number of ether oxygens (including phenoxy) is 1. The molecule has 3 nitrogen and oxygen atoms in total. The fourth-order valence-electron chi connectivity index (χ4n) is 1.73. The highest BCUT2D eigenvalue weighted by atomic mass is 16.5. The predicted molar refractivity (Wildman–Crippen MR) is 51.2 cm³/mol. The molecule has 0 saturated carbocycles. The third-order valence-corrected chi connectivity index (χ3v) is 2.57. The van der Waals surface area contributed by atoms with Gasteiger partial charge >= 0.3 is 5.97 Å². The SMILES string of the molecule is CCOC(=O)C1(N)CC(C)=C(C)C1. The number of hydrogen-bond acceptors (Lipinski definition) is 3. The maximum absolute atomic E-state index is 11.5. The molecule has 13 heavy (non-hydrogen) atoms. The van der Waals surface area contributed by atoms with Crippen LogP contribution < -0.4 is 5.73 Å². The molecule has 3 heteroatoms. The summed E-state index contributed by atoms with van der Waals surface area (Å²) in [5, 5.41) is 0. The molecule has 0 radical (unpaired) electrons. The first kappa shape index (κ1) is 10.3. The smallest absolute Gasteiger partial charge is 0.326 e. The molecule has 0 bridgehead atoms. The molecule has 1 aliphatic rings. The summed E-state index contributed by atoms with van der Waals surface area (Å²) in [6.45, 7) is 6.23. The van der Waals surface area contributed by atoms with Crippen LogP contribution in [0.5, 0.6) is 0 Å². The number of carbonyl (C=O) groups excluding carboxylic acids is 1. The summed E-state index contributed by atoms with van der Waals surface area (Å²) >= 11 is 0. The highest BCUT2D eigenvalue weighted by Crippen LogP contribution is 2.33. The van der Waals surface area contributed by atoms with Crippen molar-refractivity contribution in [2.75, 3.05) is 6.61 Å². The number of esters is 1. The average molecular weight is 183 g/mol. The van der Waals surface area contributed by atoms with Crippen LogP contribution in [-0.4, -0.2) is 18.1 Å². The molecule has 0 unspecified atom stereocenters. The predicted octanol–water partition coefficient (Wildman–Crippen LogP) is 1.38. The quantitative estimate of drug-likeness (QED) is 0.519. The minimum Gasteiger partial charge on any atom is -0.465 e. The van der Waals surface area contributed by atoms with Crippen molar-refractivity contribution in [2.45, 2.75) is 39.2 Å². The minimum absolute atomic E-state index is 0.272. The van der Waals surface area contributed by atoms with Crippen LogP contribution in [-0.2, 0) is 9.53 Å². The van der Waals surface area contributed by atoms with Crippen LogP contribution >= 0.6 is 0 Å². The molecule has 0 spiro atoms. The van der Waals surface area contributed by atoms with Crippen LogP contribution in [0.4, 0.5) is 0 Å². The van der Waals surface area contributed by atoms with E-state index in [-0.39, 0.29) is 5.97 Å². The Morgan fingerprint density at radius 1 is 1.46 bits per heavy atom. The molecule has 74 valence electrons. The van der Waals surface area contributed by atoms with Crippen LogP contribution in [0.1, 0.15) is 33.6 Å². The molecule has 0 aliphatic heterocycles. The van der Waals surface area contributed by atoms with Crippen molar-refractivity contribution in [1.82, 2.24) is 0 Å². The standard InChI is InChI=1S/C10H17NO2/c1-4-13-9(12)10(11)5-7(2)8(3)6-10/h4-6,11H2,1-3H3. The number of carbonyl (C=O) groups is 1. The molecule has 2 N–H and O–H groups in total. The Bertz CT molecular complexity index is 242. The number of rotatable bonds is 2. The van der Waals surface area contributed by atoms with Crippen LogP contribution in [0.15, 0.2) is 11.1 Å². The summed E-state index contributed by atoms with van der Waals surface area (Å²) in [5.74, 6) is -0.272. The van der Waals surface area contributed by atoms with Crippen LogP contribution in [0.3, 0.4) is 0 Å². The van der Waals surface area contributed by atoms with Gasteiger partial charge in [0.1, 0.15) is 5.54 Å². The van der Waals surface area contributed by atoms with Gasteiger partial charge in [0.15, 0.2) is 0 Å². The van der Waals surface area contributed by atoms with Crippen molar-refractivity contribution in [1.29, 1.82) is 0 Å². The summed E-state index contributed by atoms with van der Waals surface area (Å²) in [6.07, 6.45) is 1.27. The first-order valence-corrected chi connectivity index (χ1v) is 4.61. The third kappa shape index (κ3) is 1.91. The zero-order chi connectivity index (χ0) is 10.1. The van der Waals surface area contributed by atoms with Gasteiger partial charge in [-0.25, -0.2) is 0 Å². The van der Waals surface area contributed by atoms with Crippen LogP contribution in [0, 0.1) is 0 Å². The Morgan fingerprint density at radius 3 is 2.31 bits per heavy atom. The van der Waals surface area contributed by atoms with Crippen molar-refractivity contribution >= 4 is 5.97 Å². The monoisotopic (exact) mass is 183 g/mol. The van der Waals surface area contributed by atoms with Crippen molar-refractivity contribution in [3.63, 3.8) is 0 Å². The molecule has 0 fully saturated rings. The van der Waals surface area contributed by atoms with Crippen molar-refractivity contribution < 1.29 is 9.53 Å². The van der Waals surface area contributed by atoms with Gasteiger partial charge in [0, 0.05) is 0 Å². The van der Waals surface area contributed by atoms with E-state index in [0.717, 1.165) is 0 Å². The molecule has 0 heterocycles. The van der Waals surface area contributed by atoms with E-state index in [1.165, 1.54) is 11.1 Å². The van der Waals surface area contributed by atoms with E-state index in [1.54, 1.807) is 6.92 Å². The second-order valence-electron chi connectivity index (χ2n) is 3.79. The van der Waals surface area contributed by atoms with E-state index >= 15 is 0 Å². The van der Waals surface area contributed by atoms with E-state index in [1.807, 2.05) is 13.8 Å². The fourth-order valence-corrected chi connectivity index (χ4v) is 1.73. The normalized spacial score (nSPS) is 20.6. The van der Waals surface area contributed by atoms with Gasteiger partial charge in [0.2, 0.25) is 0 Å². The van der Waals surface area contributed by atoms with Crippen molar-refractivity contribution in [2.24, 2.45) is 5.73 Å². The molecule has 0 aromatic heterocycles. The summed E-state index contributed by atoms with van der Waals surface area (Å²) in [5.41, 5.74) is 7.60. The van der Waals surface area contributed by atoms with Crippen molar-refractivity contribution in [3.05, 3.63) is 11.1 Å². The van der Waals surface area contributed by atoms with Gasteiger partial charge < -0.3 is 10.5 Å². The van der Waals surface area contributed by atoms with E-state index in [4.69, 9.17) is 10.5 Å². The van der Waals surface area contributed by atoms with Crippen LogP contribution in [0.25, 0.3) is 0 Å². The molecule has 0 saturated heterocycles. The number of hydrogen-bond donors (Lipinski definition) is 1. The Kier molecular flexibility index (Phi) is 2.76. The molecular formula is C10H17NO2. The Balaban J connectivity index is 2.67. The maximum Gasteiger partial charge on any atom is 0.326 e. The third-order valence-electron chi connectivity index (χ3n) is 2.57. The van der Waals surface area contributed by atoms with Gasteiger partial charge in [-0.05, 0) is 33.6 Å². The Labute approximate surface area is 78.9 Å². The van der Waals surface area contributed by atoms with Gasteiger partial charge in [-0.15, -0.1) is 0 Å².